The second-order valence-electron chi connectivity index (χ2n) is 6.14. The van der Waals surface area contributed by atoms with Gasteiger partial charge in [0.25, 0.3) is 0 Å². The summed E-state index contributed by atoms with van der Waals surface area (Å²) in [7, 11) is 1.83. The summed E-state index contributed by atoms with van der Waals surface area (Å²) in [6.07, 6.45) is 4.97. The number of rotatable bonds is 3. The van der Waals surface area contributed by atoms with Crippen LogP contribution in [-0.2, 0) is 4.79 Å². The first-order valence-electron chi connectivity index (χ1n) is 7.22. The summed E-state index contributed by atoms with van der Waals surface area (Å²) < 4.78 is 0. The Morgan fingerprint density at radius 1 is 1.26 bits per heavy atom. The molecule has 108 valence electrons. The zero-order valence-electron chi connectivity index (χ0n) is 11.8. The summed E-state index contributed by atoms with van der Waals surface area (Å²) in [5, 5.41) is 9.10. The van der Waals surface area contributed by atoms with Crippen molar-refractivity contribution >= 4 is 12.0 Å². The summed E-state index contributed by atoms with van der Waals surface area (Å²) >= 11 is 0. The predicted octanol–water partition coefficient (Wildman–Crippen LogP) is 1.88. The Labute approximate surface area is 114 Å². The Morgan fingerprint density at radius 3 is 2.42 bits per heavy atom. The summed E-state index contributed by atoms with van der Waals surface area (Å²) in [5.41, 5.74) is 0. The smallest absolute Gasteiger partial charge is 0.319 e. The molecular formula is C14H24N2O3. The second-order valence-corrected chi connectivity index (χ2v) is 6.14. The van der Waals surface area contributed by atoms with Gasteiger partial charge in [-0.3, -0.25) is 4.79 Å². The third-order valence-corrected chi connectivity index (χ3v) is 4.53. The van der Waals surface area contributed by atoms with Crippen molar-refractivity contribution in [1.29, 1.82) is 0 Å². The predicted molar refractivity (Wildman–Crippen MR) is 71.8 cm³/mol. The van der Waals surface area contributed by atoms with Crippen molar-refractivity contribution in [3.8, 4) is 0 Å². The first kappa shape index (κ1) is 14.2. The second kappa shape index (κ2) is 5.80. The highest BCUT2D eigenvalue weighted by molar-refractivity contribution is 5.77. The Morgan fingerprint density at radius 2 is 1.89 bits per heavy atom. The SMILES string of the molecule is CC1CN(C(=O)N(C)CC2CCCC2)CC1C(=O)O. The lowest BCUT2D eigenvalue weighted by atomic mass is 9.99. The summed E-state index contributed by atoms with van der Waals surface area (Å²) in [5.74, 6) is -0.532. The van der Waals surface area contributed by atoms with E-state index in [2.05, 4.69) is 0 Å². The molecule has 0 aromatic heterocycles. The number of carboxylic acid groups (broad SMARTS) is 1. The number of nitrogens with zero attached hydrogens (tertiary/aromatic N) is 2. The van der Waals surface area contributed by atoms with Crippen LogP contribution in [0, 0.1) is 17.8 Å². The van der Waals surface area contributed by atoms with E-state index in [0.29, 0.717) is 19.0 Å². The Balaban J connectivity index is 1.87. The largest absolute Gasteiger partial charge is 0.481 e. The molecule has 1 N–H and O–H groups in total. The maximum Gasteiger partial charge on any atom is 0.319 e. The van der Waals surface area contributed by atoms with Crippen molar-refractivity contribution in [1.82, 2.24) is 9.80 Å². The molecule has 1 heterocycles. The molecule has 2 fully saturated rings. The van der Waals surface area contributed by atoms with Crippen LogP contribution >= 0.6 is 0 Å². The van der Waals surface area contributed by atoms with Crippen LogP contribution in [0.2, 0.25) is 0 Å². The third-order valence-electron chi connectivity index (χ3n) is 4.53. The zero-order chi connectivity index (χ0) is 14.0. The molecule has 19 heavy (non-hydrogen) atoms. The monoisotopic (exact) mass is 268 g/mol. The van der Waals surface area contributed by atoms with Crippen LogP contribution in [0.4, 0.5) is 4.79 Å². The lowest BCUT2D eigenvalue weighted by Crippen LogP contribution is -2.42. The topological polar surface area (TPSA) is 60.9 Å². The summed E-state index contributed by atoms with van der Waals surface area (Å²) in [4.78, 5) is 26.8. The molecule has 0 spiro atoms. The highest BCUT2D eigenvalue weighted by Crippen LogP contribution is 2.27. The first-order valence-corrected chi connectivity index (χ1v) is 7.22. The zero-order valence-corrected chi connectivity index (χ0v) is 11.8. The van der Waals surface area contributed by atoms with E-state index in [-0.39, 0.29) is 11.9 Å². The lowest BCUT2D eigenvalue weighted by molar-refractivity contribution is -0.142. The molecule has 1 saturated heterocycles. The number of carbonyl (C=O) groups is 2. The van der Waals surface area contributed by atoms with Gasteiger partial charge in [0, 0.05) is 26.7 Å². The van der Waals surface area contributed by atoms with Gasteiger partial charge in [-0.15, -0.1) is 0 Å². The first-order chi connectivity index (χ1) is 8.99. The van der Waals surface area contributed by atoms with Gasteiger partial charge in [0.05, 0.1) is 5.92 Å². The molecule has 0 radical (unpaired) electrons. The summed E-state index contributed by atoms with van der Waals surface area (Å²) in [6.45, 7) is 3.62. The lowest BCUT2D eigenvalue weighted by Gasteiger charge is -2.26. The van der Waals surface area contributed by atoms with E-state index in [1.165, 1.54) is 25.7 Å². The van der Waals surface area contributed by atoms with Gasteiger partial charge in [-0.2, -0.15) is 0 Å². The van der Waals surface area contributed by atoms with Gasteiger partial charge in [-0.25, -0.2) is 4.79 Å². The third kappa shape index (κ3) is 3.19. The molecule has 2 aliphatic rings. The highest BCUT2D eigenvalue weighted by atomic mass is 16.4. The van der Waals surface area contributed by atoms with Crippen molar-refractivity contribution in [2.24, 2.45) is 17.8 Å². The van der Waals surface area contributed by atoms with Crippen molar-refractivity contribution in [2.75, 3.05) is 26.7 Å². The molecular weight excluding hydrogens is 244 g/mol. The minimum atomic E-state index is -0.791. The van der Waals surface area contributed by atoms with Gasteiger partial charge in [0.2, 0.25) is 0 Å². The van der Waals surface area contributed by atoms with Crippen LogP contribution in [0.1, 0.15) is 32.6 Å². The summed E-state index contributed by atoms with van der Waals surface area (Å²) in [6, 6.07) is -0.0116. The van der Waals surface area contributed by atoms with Crippen LogP contribution in [0.5, 0.6) is 0 Å². The van der Waals surface area contributed by atoms with Crippen LogP contribution in [0.25, 0.3) is 0 Å². The van der Waals surface area contributed by atoms with Crippen molar-refractivity contribution in [3.63, 3.8) is 0 Å². The molecule has 1 aliphatic carbocycles. The number of amides is 2. The number of urea groups is 1. The fourth-order valence-electron chi connectivity index (χ4n) is 3.34. The fraction of sp³-hybridized carbons (Fsp3) is 0.857. The standard InChI is InChI=1S/C14H24N2O3/c1-10-7-16(9-12(10)13(17)18)14(19)15(2)8-11-5-3-4-6-11/h10-12H,3-9H2,1-2H3,(H,17,18). The molecule has 2 rings (SSSR count). The van der Waals surface area contributed by atoms with Crippen LogP contribution in [0.15, 0.2) is 0 Å². The number of hydrogen-bond donors (Lipinski definition) is 1. The number of carboxylic acids is 1. The van der Waals surface area contributed by atoms with Gasteiger partial charge >= 0.3 is 12.0 Å². The minimum Gasteiger partial charge on any atom is -0.481 e. The number of carbonyl (C=O) groups excluding carboxylic acids is 1. The maximum atomic E-state index is 12.3. The van der Waals surface area contributed by atoms with Crippen LogP contribution < -0.4 is 0 Å². The van der Waals surface area contributed by atoms with E-state index in [0.717, 1.165) is 6.54 Å². The van der Waals surface area contributed by atoms with E-state index in [4.69, 9.17) is 5.11 Å². The average Bonchev–Trinajstić information content (AvgIpc) is 2.97. The van der Waals surface area contributed by atoms with Crippen molar-refractivity contribution in [3.05, 3.63) is 0 Å². The van der Waals surface area contributed by atoms with E-state index in [1.54, 1.807) is 9.80 Å². The normalized spacial score (nSPS) is 27.8. The highest BCUT2D eigenvalue weighted by Gasteiger charge is 2.38. The molecule has 5 heteroatoms. The Bertz CT molecular complexity index is 353. The van der Waals surface area contributed by atoms with Gasteiger partial charge < -0.3 is 14.9 Å². The number of hydrogen-bond acceptors (Lipinski definition) is 2. The van der Waals surface area contributed by atoms with Crippen molar-refractivity contribution in [2.45, 2.75) is 32.6 Å². The molecule has 1 saturated carbocycles. The van der Waals surface area contributed by atoms with Crippen molar-refractivity contribution < 1.29 is 14.7 Å². The van der Waals surface area contributed by atoms with E-state index in [9.17, 15) is 9.59 Å². The molecule has 2 unspecified atom stereocenters. The van der Waals surface area contributed by atoms with Gasteiger partial charge in [-0.1, -0.05) is 19.8 Å². The van der Waals surface area contributed by atoms with Gasteiger partial charge in [0.1, 0.15) is 0 Å². The number of likely N-dealkylation sites (tertiary alicyclic amines) is 1. The molecule has 2 amide bonds. The minimum absolute atomic E-state index is 0.0116. The van der Waals surface area contributed by atoms with E-state index >= 15 is 0 Å². The molecule has 0 aromatic rings. The van der Waals surface area contributed by atoms with Gasteiger partial charge in [-0.05, 0) is 24.7 Å². The van der Waals surface area contributed by atoms with Crippen LogP contribution in [-0.4, -0.2) is 53.6 Å². The molecule has 0 aromatic carbocycles. The number of aliphatic carboxylic acids is 1. The molecule has 2 atom stereocenters. The fourth-order valence-corrected chi connectivity index (χ4v) is 3.34. The Kier molecular flexibility index (Phi) is 4.32. The Hall–Kier alpha value is -1.26. The quantitative estimate of drug-likeness (QED) is 0.850. The molecule has 5 nitrogen and oxygen atoms in total. The molecule has 1 aliphatic heterocycles. The average molecular weight is 268 g/mol. The molecule has 0 bridgehead atoms. The van der Waals surface area contributed by atoms with E-state index in [1.807, 2.05) is 14.0 Å². The van der Waals surface area contributed by atoms with Crippen LogP contribution in [0.3, 0.4) is 0 Å². The van der Waals surface area contributed by atoms with E-state index < -0.39 is 11.9 Å². The maximum absolute atomic E-state index is 12.3. The van der Waals surface area contributed by atoms with Gasteiger partial charge in [0.15, 0.2) is 0 Å².